The van der Waals surface area contributed by atoms with Crippen LogP contribution in [0, 0.1) is 0 Å². The summed E-state index contributed by atoms with van der Waals surface area (Å²) < 4.78 is 5.00. The third-order valence-corrected chi connectivity index (χ3v) is 3.52. The van der Waals surface area contributed by atoms with E-state index in [0.717, 1.165) is 4.90 Å². The highest BCUT2D eigenvalue weighted by atomic mass is 35.5. The number of aliphatic hydroxyl groups excluding tert-OH is 1. The minimum Gasteiger partial charge on any atom is -0.495 e. The number of methoxy groups -OCH3 is 1. The number of halogens is 1. The van der Waals surface area contributed by atoms with Crippen molar-refractivity contribution >= 4 is 29.3 Å². The van der Waals surface area contributed by atoms with Gasteiger partial charge in [-0.3, -0.25) is 0 Å². The van der Waals surface area contributed by atoms with Crippen molar-refractivity contribution in [1.29, 1.82) is 0 Å². The molecule has 0 aromatic heterocycles. The van der Waals surface area contributed by atoms with Crippen LogP contribution >= 0.6 is 11.6 Å². The predicted molar refractivity (Wildman–Crippen MR) is 75.8 cm³/mol. The van der Waals surface area contributed by atoms with Crippen LogP contribution in [0.2, 0.25) is 5.02 Å². The van der Waals surface area contributed by atoms with Crippen LogP contribution in [0.5, 0.6) is 5.75 Å². The van der Waals surface area contributed by atoms with Gasteiger partial charge in [0.2, 0.25) is 0 Å². The number of carboxylic acids is 1. The molecule has 2 amide bonds. The summed E-state index contributed by atoms with van der Waals surface area (Å²) in [4.78, 5) is 24.3. The van der Waals surface area contributed by atoms with Crippen molar-refractivity contribution in [3.63, 3.8) is 0 Å². The number of ether oxygens (including phenoxy) is 1. The van der Waals surface area contributed by atoms with Gasteiger partial charge >= 0.3 is 12.0 Å². The maximum absolute atomic E-state index is 12.1. The molecule has 1 saturated heterocycles. The fraction of sp³-hybridized carbons (Fsp3) is 0.385. The zero-order valence-corrected chi connectivity index (χ0v) is 12.0. The molecule has 0 aliphatic carbocycles. The van der Waals surface area contributed by atoms with Crippen LogP contribution in [0.3, 0.4) is 0 Å². The number of nitrogens with zero attached hydrogens (tertiary/aromatic N) is 1. The number of anilines is 1. The van der Waals surface area contributed by atoms with Gasteiger partial charge in [0, 0.05) is 18.7 Å². The molecule has 2 atom stereocenters. The first-order valence-electron chi connectivity index (χ1n) is 6.24. The molecular weight excluding hydrogens is 300 g/mol. The third kappa shape index (κ3) is 3.37. The Bertz CT molecular complexity index is 565. The number of benzene rings is 1. The van der Waals surface area contributed by atoms with Crippen LogP contribution in [0.25, 0.3) is 0 Å². The van der Waals surface area contributed by atoms with Crippen LogP contribution in [-0.4, -0.2) is 52.9 Å². The Morgan fingerprint density at radius 3 is 2.76 bits per heavy atom. The molecule has 1 aromatic carbocycles. The Hall–Kier alpha value is -1.99. The highest BCUT2D eigenvalue weighted by Crippen LogP contribution is 2.28. The number of carbonyl (C=O) groups is 2. The standard InChI is InChI=1S/C13H15ClN2O5/c1-21-11-3-2-7(4-9(11)14)15-13(20)16-6-8(17)5-10(16)12(18)19/h2-4,8,10,17H,5-6H2,1H3,(H,15,20)(H,18,19)/t8-,10+/m1/s1. The van der Waals surface area contributed by atoms with E-state index in [4.69, 9.17) is 21.4 Å². The molecule has 8 heteroatoms. The summed E-state index contributed by atoms with van der Waals surface area (Å²) in [5.41, 5.74) is 0.413. The van der Waals surface area contributed by atoms with Crippen LogP contribution in [0.1, 0.15) is 6.42 Å². The Kier molecular flexibility index (Phi) is 4.54. The van der Waals surface area contributed by atoms with Gasteiger partial charge in [0.05, 0.1) is 18.2 Å². The maximum Gasteiger partial charge on any atom is 0.326 e. The average Bonchev–Trinajstić information content (AvgIpc) is 2.81. The Labute approximate surface area is 126 Å². The summed E-state index contributed by atoms with van der Waals surface area (Å²) in [6.45, 7) is -0.0211. The first-order valence-corrected chi connectivity index (χ1v) is 6.62. The first kappa shape index (κ1) is 15.4. The van der Waals surface area contributed by atoms with Gasteiger partial charge in [0.15, 0.2) is 0 Å². The number of carbonyl (C=O) groups excluding carboxylic acids is 1. The molecule has 1 aromatic rings. The predicted octanol–water partition coefficient (Wildman–Crippen LogP) is 1.40. The lowest BCUT2D eigenvalue weighted by Gasteiger charge is -2.21. The third-order valence-electron chi connectivity index (χ3n) is 3.23. The molecular formula is C13H15ClN2O5. The summed E-state index contributed by atoms with van der Waals surface area (Å²) in [7, 11) is 1.47. The topological polar surface area (TPSA) is 99.1 Å². The number of aliphatic hydroxyl groups is 1. The monoisotopic (exact) mass is 314 g/mol. The van der Waals surface area contributed by atoms with E-state index in [1.54, 1.807) is 12.1 Å². The largest absolute Gasteiger partial charge is 0.495 e. The number of nitrogens with one attached hydrogen (secondary N) is 1. The van der Waals surface area contributed by atoms with Gasteiger partial charge in [-0.1, -0.05) is 11.6 Å². The fourth-order valence-corrected chi connectivity index (χ4v) is 2.47. The van der Waals surface area contributed by atoms with E-state index in [2.05, 4.69) is 5.32 Å². The SMILES string of the molecule is COc1ccc(NC(=O)N2C[C@H](O)C[C@H]2C(=O)O)cc1Cl. The second-order valence-electron chi connectivity index (χ2n) is 4.68. The maximum atomic E-state index is 12.1. The van der Waals surface area contributed by atoms with E-state index in [0.29, 0.717) is 16.5 Å². The average molecular weight is 315 g/mol. The molecule has 1 heterocycles. The first-order chi connectivity index (χ1) is 9.92. The molecule has 2 rings (SSSR count). The van der Waals surface area contributed by atoms with Crippen molar-refractivity contribution in [2.24, 2.45) is 0 Å². The lowest BCUT2D eigenvalue weighted by Crippen LogP contribution is -2.43. The van der Waals surface area contributed by atoms with Gasteiger partial charge in [0.1, 0.15) is 11.8 Å². The zero-order valence-electron chi connectivity index (χ0n) is 11.2. The molecule has 0 spiro atoms. The highest BCUT2D eigenvalue weighted by Gasteiger charge is 2.39. The van der Waals surface area contributed by atoms with E-state index in [-0.39, 0.29) is 13.0 Å². The normalized spacial score (nSPS) is 21.2. The number of urea groups is 1. The number of carboxylic acid groups (broad SMARTS) is 1. The molecule has 114 valence electrons. The highest BCUT2D eigenvalue weighted by molar-refractivity contribution is 6.32. The molecule has 1 aliphatic rings. The molecule has 0 bridgehead atoms. The summed E-state index contributed by atoms with van der Waals surface area (Å²) in [6, 6.07) is 3.05. The number of hydrogen-bond donors (Lipinski definition) is 3. The van der Waals surface area contributed by atoms with Crippen LogP contribution < -0.4 is 10.1 Å². The summed E-state index contributed by atoms with van der Waals surface area (Å²) in [5, 5.41) is 21.5. The van der Waals surface area contributed by atoms with Gasteiger partial charge in [-0.05, 0) is 18.2 Å². The molecule has 0 saturated carbocycles. The lowest BCUT2D eigenvalue weighted by atomic mass is 10.2. The van der Waals surface area contributed by atoms with Gasteiger partial charge in [-0.2, -0.15) is 0 Å². The quantitative estimate of drug-likeness (QED) is 0.783. The molecule has 0 radical (unpaired) electrons. The molecule has 7 nitrogen and oxygen atoms in total. The summed E-state index contributed by atoms with van der Waals surface area (Å²) in [5.74, 6) is -0.677. The van der Waals surface area contributed by atoms with E-state index < -0.39 is 24.1 Å². The van der Waals surface area contributed by atoms with E-state index >= 15 is 0 Å². The zero-order chi connectivity index (χ0) is 15.6. The number of rotatable bonds is 3. The van der Waals surface area contributed by atoms with Crippen molar-refractivity contribution in [2.45, 2.75) is 18.6 Å². The number of likely N-dealkylation sites (tertiary alicyclic amines) is 1. The molecule has 1 fully saturated rings. The van der Waals surface area contributed by atoms with Crippen LogP contribution in [-0.2, 0) is 4.79 Å². The van der Waals surface area contributed by atoms with E-state index in [9.17, 15) is 14.7 Å². The Morgan fingerprint density at radius 1 is 1.48 bits per heavy atom. The minimum absolute atomic E-state index is 0.0200. The molecule has 3 N–H and O–H groups in total. The van der Waals surface area contributed by atoms with Crippen molar-refractivity contribution in [3.8, 4) is 5.75 Å². The van der Waals surface area contributed by atoms with Gasteiger partial charge < -0.3 is 25.2 Å². The Morgan fingerprint density at radius 2 is 2.19 bits per heavy atom. The minimum atomic E-state index is -1.14. The number of amides is 2. The number of β-amino-alcohol motifs (C(OH)–C–C–N with tert-alkyl or cyclic N) is 1. The van der Waals surface area contributed by atoms with Crippen molar-refractivity contribution in [1.82, 2.24) is 4.90 Å². The van der Waals surface area contributed by atoms with Crippen molar-refractivity contribution in [2.75, 3.05) is 19.0 Å². The second kappa shape index (κ2) is 6.19. The van der Waals surface area contributed by atoms with E-state index in [1.165, 1.54) is 13.2 Å². The molecule has 1 aliphatic heterocycles. The number of hydrogen-bond acceptors (Lipinski definition) is 4. The van der Waals surface area contributed by atoms with Crippen molar-refractivity contribution in [3.05, 3.63) is 23.2 Å². The van der Waals surface area contributed by atoms with Gasteiger partial charge in [-0.25, -0.2) is 9.59 Å². The molecule has 0 unspecified atom stereocenters. The van der Waals surface area contributed by atoms with Crippen molar-refractivity contribution < 1.29 is 24.5 Å². The van der Waals surface area contributed by atoms with Gasteiger partial charge in [-0.15, -0.1) is 0 Å². The Balaban J connectivity index is 2.10. The van der Waals surface area contributed by atoms with Gasteiger partial charge in [0.25, 0.3) is 0 Å². The smallest absolute Gasteiger partial charge is 0.326 e. The van der Waals surface area contributed by atoms with Crippen LogP contribution in [0.4, 0.5) is 10.5 Å². The summed E-state index contributed by atoms with van der Waals surface area (Å²) >= 11 is 5.95. The fourth-order valence-electron chi connectivity index (χ4n) is 2.21. The number of aliphatic carboxylic acids is 1. The summed E-state index contributed by atoms with van der Waals surface area (Å²) in [6.07, 6.45) is -0.817. The second-order valence-corrected chi connectivity index (χ2v) is 5.08. The van der Waals surface area contributed by atoms with E-state index in [1.807, 2.05) is 0 Å². The van der Waals surface area contributed by atoms with Crippen LogP contribution in [0.15, 0.2) is 18.2 Å². The lowest BCUT2D eigenvalue weighted by molar-refractivity contribution is -0.141. The molecule has 21 heavy (non-hydrogen) atoms.